The maximum Gasteiger partial charge on any atom is 0.295 e. The van der Waals surface area contributed by atoms with Gasteiger partial charge in [-0.25, -0.2) is 0 Å². The van der Waals surface area contributed by atoms with Crippen molar-refractivity contribution in [2.75, 3.05) is 13.2 Å². The van der Waals surface area contributed by atoms with Gasteiger partial charge in [0.2, 0.25) is 0 Å². The number of hydrogen-bond donors (Lipinski definition) is 1. The molecule has 0 aromatic heterocycles. The van der Waals surface area contributed by atoms with E-state index in [2.05, 4.69) is 0 Å². The number of hydrogen-bond acceptors (Lipinski definition) is 6. The van der Waals surface area contributed by atoms with Gasteiger partial charge in [0.1, 0.15) is 31.3 Å². The van der Waals surface area contributed by atoms with E-state index >= 15 is 0 Å². The van der Waals surface area contributed by atoms with Crippen molar-refractivity contribution in [3.63, 3.8) is 0 Å². The minimum absolute atomic E-state index is 0.0119. The molecular formula is C33H27NO6. The summed E-state index contributed by atoms with van der Waals surface area (Å²) in [5.74, 6) is -0.0706. The van der Waals surface area contributed by atoms with Gasteiger partial charge in [-0.3, -0.25) is 9.59 Å². The first-order chi connectivity index (χ1) is 19.6. The smallest absolute Gasteiger partial charge is 0.295 e. The SMILES string of the molecule is O=C1C(=O)N(Cc2ccccc2)[C@@H](c2cccc(OCc3ccccc3)c2)/C1=C(\O)c1ccc2c(c1)OCCO2. The van der Waals surface area contributed by atoms with E-state index in [0.29, 0.717) is 48.2 Å². The molecule has 7 heteroatoms. The van der Waals surface area contributed by atoms with Crippen LogP contribution in [0.4, 0.5) is 0 Å². The van der Waals surface area contributed by atoms with Crippen molar-refractivity contribution in [3.05, 3.63) is 131 Å². The highest BCUT2D eigenvalue weighted by molar-refractivity contribution is 6.46. The highest BCUT2D eigenvalue weighted by Gasteiger charge is 2.46. The first-order valence-corrected chi connectivity index (χ1v) is 13.1. The number of carbonyl (C=O) groups excluding carboxylic acids is 2. The van der Waals surface area contributed by atoms with Gasteiger partial charge < -0.3 is 24.2 Å². The van der Waals surface area contributed by atoms with Gasteiger partial charge in [-0.2, -0.15) is 0 Å². The summed E-state index contributed by atoms with van der Waals surface area (Å²) in [4.78, 5) is 28.4. The van der Waals surface area contributed by atoms with Crippen molar-refractivity contribution in [1.82, 2.24) is 4.90 Å². The van der Waals surface area contributed by atoms with Crippen LogP contribution in [0, 0.1) is 0 Å². The number of fused-ring (bicyclic) bond motifs is 1. The fourth-order valence-electron chi connectivity index (χ4n) is 5.03. The molecule has 200 valence electrons. The summed E-state index contributed by atoms with van der Waals surface area (Å²) in [5.41, 5.74) is 2.91. The van der Waals surface area contributed by atoms with Crippen LogP contribution in [0.15, 0.2) is 109 Å². The molecule has 2 heterocycles. The molecule has 7 nitrogen and oxygen atoms in total. The van der Waals surface area contributed by atoms with Crippen molar-refractivity contribution in [1.29, 1.82) is 0 Å². The lowest BCUT2D eigenvalue weighted by Crippen LogP contribution is -2.29. The standard InChI is InChI=1S/C33H27NO6/c35-31(25-14-15-27-28(19-25)39-17-16-38-27)29-30(34(33(37)32(29)36)20-22-8-3-1-4-9-22)24-12-7-13-26(18-24)40-21-23-10-5-2-6-11-23/h1-15,18-19,30,35H,16-17,20-21H2/b31-29+/t30-/m0/s1. The third-order valence-corrected chi connectivity index (χ3v) is 6.97. The van der Waals surface area contributed by atoms with Crippen molar-refractivity contribution in [2.45, 2.75) is 19.2 Å². The van der Waals surface area contributed by atoms with Crippen LogP contribution in [-0.4, -0.2) is 34.9 Å². The van der Waals surface area contributed by atoms with E-state index in [0.717, 1.165) is 11.1 Å². The number of Topliss-reactive ketones (excluding diaryl/α,β-unsaturated/α-hetero) is 1. The molecule has 1 N–H and O–H groups in total. The number of amides is 1. The monoisotopic (exact) mass is 533 g/mol. The Bertz CT molecular complexity index is 1580. The summed E-state index contributed by atoms with van der Waals surface area (Å²) < 4.78 is 17.3. The van der Waals surface area contributed by atoms with E-state index in [1.165, 1.54) is 4.90 Å². The second-order valence-corrected chi connectivity index (χ2v) is 9.62. The molecule has 4 aromatic carbocycles. The Morgan fingerprint density at radius 2 is 1.50 bits per heavy atom. The molecule has 0 radical (unpaired) electrons. The minimum Gasteiger partial charge on any atom is -0.507 e. The van der Waals surface area contributed by atoms with Crippen molar-refractivity contribution < 1.29 is 28.9 Å². The molecule has 0 unspecified atom stereocenters. The summed E-state index contributed by atoms with van der Waals surface area (Å²) >= 11 is 0. The van der Waals surface area contributed by atoms with Gasteiger partial charge >= 0.3 is 0 Å². The van der Waals surface area contributed by atoms with Crippen LogP contribution < -0.4 is 14.2 Å². The van der Waals surface area contributed by atoms with E-state index in [-0.39, 0.29) is 17.9 Å². The molecule has 2 aliphatic rings. The molecule has 1 amide bonds. The third-order valence-electron chi connectivity index (χ3n) is 6.97. The Morgan fingerprint density at radius 1 is 0.800 bits per heavy atom. The Morgan fingerprint density at radius 3 is 2.25 bits per heavy atom. The highest BCUT2D eigenvalue weighted by atomic mass is 16.6. The molecular weight excluding hydrogens is 506 g/mol. The van der Waals surface area contributed by atoms with Crippen LogP contribution in [0.5, 0.6) is 17.2 Å². The molecule has 0 aliphatic carbocycles. The Balaban J connectivity index is 1.41. The molecule has 0 saturated carbocycles. The van der Waals surface area contributed by atoms with E-state index in [9.17, 15) is 14.7 Å². The van der Waals surface area contributed by atoms with Gasteiger partial charge in [-0.1, -0.05) is 72.8 Å². The lowest BCUT2D eigenvalue weighted by atomic mass is 9.94. The molecule has 40 heavy (non-hydrogen) atoms. The van der Waals surface area contributed by atoms with Crippen LogP contribution >= 0.6 is 0 Å². The number of ether oxygens (including phenoxy) is 3. The van der Waals surface area contributed by atoms with Crippen LogP contribution in [0.2, 0.25) is 0 Å². The summed E-state index contributed by atoms with van der Waals surface area (Å²) in [6.07, 6.45) is 0. The van der Waals surface area contributed by atoms with Crippen LogP contribution in [0.25, 0.3) is 5.76 Å². The largest absolute Gasteiger partial charge is 0.507 e. The zero-order valence-corrected chi connectivity index (χ0v) is 21.7. The zero-order valence-electron chi connectivity index (χ0n) is 21.7. The Kier molecular flexibility index (Phi) is 6.93. The molecule has 1 atom stereocenters. The van der Waals surface area contributed by atoms with Gasteiger partial charge in [0, 0.05) is 12.1 Å². The highest BCUT2D eigenvalue weighted by Crippen LogP contribution is 2.42. The number of rotatable bonds is 7. The number of aliphatic hydroxyl groups is 1. The van der Waals surface area contributed by atoms with E-state index in [4.69, 9.17) is 14.2 Å². The molecule has 0 spiro atoms. The van der Waals surface area contributed by atoms with Gasteiger partial charge in [0.25, 0.3) is 11.7 Å². The fraction of sp³-hybridized carbons (Fsp3) is 0.152. The molecule has 1 saturated heterocycles. The quantitative estimate of drug-likeness (QED) is 0.188. The molecule has 4 aromatic rings. The predicted molar refractivity (Wildman–Crippen MR) is 149 cm³/mol. The van der Waals surface area contributed by atoms with Crippen LogP contribution in [0.1, 0.15) is 28.3 Å². The van der Waals surface area contributed by atoms with Gasteiger partial charge in [0.15, 0.2) is 11.5 Å². The number of carbonyl (C=O) groups is 2. The second kappa shape index (κ2) is 11.0. The lowest BCUT2D eigenvalue weighted by molar-refractivity contribution is -0.140. The molecule has 0 bridgehead atoms. The molecule has 2 aliphatic heterocycles. The maximum absolute atomic E-state index is 13.5. The second-order valence-electron chi connectivity index (χ2n) is 9.62. The summed E-state index contributed by atoms with van der Waals surface area (Å²) in [7, 11) is 0. The first-order valence-electron chi connectivity index (χ1n) is 13.1. The molecule has 6 rings (SSSR count). The lowest BCUT2D eigenvalue weighted by Gasteiger charge is -2.26. The van der Waals surface area contributed by atoms with E-state index < -0.39 is 17.7 Å². The normalized spacial score (nSPS) is 17.6. The molecule has 1 fully saturated rings. The number of likely N-dealkylation sites (tertiary alicyclic amines) is 1. The summed E-state index contributed by atoms with van der Waals surface area (Å²) in [5, 5.41) is 11.5. The van der Waals surface area contributed by atoms with Crippen molar-refractivity contribution >= 4 is 17.4 Å². The average Bonchev–Trinajstić information content (AvgIpc) is 3.25. The maximum atomic E-state index is 13.5. The van der Waals surface area contributed by atoms with Gasteiger partial charge in [-0.05, 0) is 47.0 Å². The van der Waals surface area contributed by atoms with Crippen molar-refractivity contribution in [2.24, 2.45) is 0 Å². The van der Waals surface area contributed by atoms with Crippen LogP contribution in [-0.2, 0) is 22.7 Å². The Labute approximate surface area is 231 Å². The topological polar surface area (TPSA) is 85.3 Å². The summed E-state index contributed by atoms with van der Waals surface area (Å²) in [6.45, 7) is 1.38. The third kappa shape index (κ3) is 5.01. The summed E-state index contributed by atoms with van der Waals surface area (Å²) in [6, 6.07) is 30.7. The number of aliphatic hydroxyl groups excluding tert-OH is 1. The van der Waals surface area contributed by atoms with Crippen molar-refractivity contribution in [3.8, 4) is 17.2 Å². The zero-order chi connectivity index (χ0) is 27.5. The average molecular weight is 534 g/mol. The number of nitrogens with zero attached hydrogens (tertiary/aromatic N) is 1. The minimum atomic E-state index is -0.825. The Hall–Kier alpha value is -5.04. The predicted octanol–water partition coefficient (Wildman–Crippen LogP) is 5.66. The number of ketones is 1. The van der Waals surface area contributed by atoms with Crippen LogP contribution in [0.3, 0.4) is 0 Å². The van der Waals surface area contributed by atoms with Gasteiger partial charge in [0.05, 0.1) is 11.6 Å². The van der Waals surface area contributed by atoms with Gasteiger partial charge in [-0.15, -0.1) is 0 Å². The fourth-order valence-corrected chi connectivity index (χ4v) is 5.03. The van der Waals surface area contributed by atoms with E-state index in [1.807, 2.05) is 84.9 Å². The van der Waals surface area contributed by atoms with E-state index in [1.54, 1.807) is 18.2 Å². The first kappa shape index (κ1) is 25.2. The number of benzene rings is 4.